The van der Waals surface area contributed by atoms with Crippen molar-refractivity contribution in [3.05, 3.63) is 96.6 Å². The number of nitrogens with zero attached hydrogens (tertiary/aromatic N) is 2. The van der Waals surface area contributed by atoms with E-state index in [2.05, 4.69) is 35.2 Å². The summed E-state index contributed by atoms with van der Waals surface area (Å²) in [6, 6.07) is 29.9. The van der Waals surface area contributed by atoms with Crippen LogP contribution in [0.2, 0.25) is 0 Å². The predicted molar refractivity (Wildman–Crippen MR) is 139 cm³/mol. The molecule has 0 amide bonds. The average Bonchev–Trinajstić information content (AvgIpc) is 2.91. The number of sulfonamides is 1. The number of benzene rings is 3. The van der Waals surface area contributed by atoms with E-state index in [9.17, 15) is 8.42 Å². The van der Waals surface area contributed by atoms with Crippen molar-refractivity contribution in [3.63, 3.8) is 0 Å². The molecule has 178 valence electrons. The number of anilines is 1. The van der Waals surface area contributed by atoms with Crippen LogP contribution in [0.5, 0.6) is 0 Å². The van der Waals surface area contributed by atoms with Gasteiger partial charge in [0, 0.05) is 25.2 Å². The molecule has 0 aromatic heterocycles. The zero-order chi connectivity index (χ0) is 23.4. The van der Waals surface area contributed by atoms with Crippen molar-refractivity contribution in [2.75, 3.05) is 17.4 Å². The number of likely N-dealkylation sites (tertiary alicyclic amines) is 1. The van der Waals surface area contributed by atoms with Crippen LogP contribution in [0.4, 0.5) is 5.69 Å². The second-order valence-electron chi connectivity index (χ2n) is 9.59. The van der Waals surface area contributed by atoms with Crippen LogP contribution in [-0.4, -0.2) is 38.5 Å². The molecule has 1 aliphatic heterocycles. The maximum Gasteiger partial charge on any atom is 0.264 e. The van der Waals surface area contributed by atoms with Crippen molar-refractivity contribution < 1.29 is 8.42 Å². The highest BCUT2D eigenvalue weighted by Crippen LogP contribution is 2.38. The molecule has 34 heavy (non-hydrogen) atoms. The quantitative estimate of drug-likeness (QED) is 0.435. The standard InChI is InChI=1S/C29H34N2O2S/c32-34(33,27-16-8-3-9-17-27)31(25-14-6-2-7-15-25)26-20-22-30(23-21-26)29-19-11-10-18-28(29)24-12-4-1-5-13-24/h1-9,12-17,26,28-29H,10-11,18-23H2. The Balaban J connectivity index is 1.37. The van der Waals surface area contributed by atoms with Gasteiger partial charge in [-0.1, -0.05) is 79.6 Å². The van der Waals surface area contributed by atoms with E-state index >= 15 is 0 Å². The summed E-state index contributed by atoms with van der Waals surface area (Å²) in [5, 5.41) is 0. The van der Waals surface area contributed by atoms with Crippen molar-refractivity contribution in [3.8, 4) is 0 Å². The third kappa shape index (κ3) is 4.77. The summed E-state index contributed by atoms with van der Waals surface area (Å²) >= 11 is 0. The molecule has 1 saturated heterocycles. The maximum atomic E-state index is 13.8. The number of para-hydroxylation sites is 1. The molecule has 1 aliphatic carbocycles. The van der Waals surface area contributed by atoms with E-state index in [-0.39, 0.29) is 6.04 Å². The molecule has 3 aromatic rings. The highest BCUT2D eigenvalue weighted by atomic mass is 32.2. The zero-order valence-electron chi connectivity index (χ0n) is 19.7. The van der Waals surface area contributed by atoms with Crippen molar-refractivity contribution >= 4 is 15.7 Å². The summed E-state index contributed by atoms with van der Waals surface area (Å²) in [5.74, 6) is 0.574. The van der Waals surface area contributed by atoms with Crippen molar-refractivity contribution in [1.29, 1.82) is 0 Å². The molecule has 0 N–H and O–H groups in total. The second kappa shape index (κ2) is 10.3. The molecule has 1 saturated carbocycles. The van der Waals surface area contributed by atoms with E-state index < -0.39 is 10.0 Å². The SMILES string of the molecule is O=S(=O)(c1ccccc1)N(c1ccccc1)C1CCN(C2CCCCC2c2ccccc2)CC1. The fourth-order valence-corrected chi connectivity index (χ4v) is 7.65. The molecule has 4 nitrogen and oxygen atoms in total. The Labute approximate surface area is 204 Å². The molecule has 2 aliphatic rings. The minimum Gasteiger partial charge on any atom is -0.300 e. The number of hydrogen-bond acceptors (Lipinski definition) is 3. The van der Waals surface area contributed by atoms with Gasteiger partial charge in [-0.25, -0.2) is 8.42 Å². The highest BCUT2D eigenvalue weighted by Gasteiger charge is 2.37. The lowest BCUT2D eigenvalue weighted by Gasteiger charge is -2.45. The van der Waals surface area contributed by atoms with E-state index in [1.165, 1.54) is 31.2 Å². The highest BCUT2D eigenvalue weighted by molar-refractivity contribution is 7.92. The molecular formula is C29H34N2O2S. The summed E-state index contributed by atoms with van der Waals surface area (Å²) < 4.78 is 29.2. The first-order valence-corrected chi connectivity index (χ1v) is 14.0. The van der Waals surface area contributed by atoms with Gasteiger partial charge in [-0.3, -0.25) is 9.21 Å². The fourth-order valence-electron chi connectivity index (χ4n) is 5.92. The van der Waals surface area contributed by atoms with E-state index in [4.69, 9.17) is 0 Å². The number of rotatable bonds is 6. The summed E-state index contributed by atoms with van der Waals surface area (Å²) in [7, 11) is -3.64. The molecule has 5 rings (SSSR count). The molecule has 2 atom stereocenters. The van der Waals surface area contributed by atoms with E-state index in [0.717, 1.165) is 31.6 Å². The van der Waals surface area contributed by atoms with Gasteiger partial charge in [-0.05, 0) is 61.4 Å². The molecule has 0 bridgehead atoms. The first kappa shape index (κ1) is 23.1. The van der Waals surface area contributed by atoms with Crippen LogP contribution >= 0.6 is 0 Å². The third-order valence-corrected chi connectivity index (χ3v) is 9.46. The van der Waals surface area contributed by atoms with Crippen molar-refractivity contribution in [2.45, 2.75) is 61.4 Å². The Bertz CT molecular complexity index is 1140. The monoisotopic (exact) mass is 474 g/mol. The van der Waals surface area contributed by atoms with Gasteiger partial charge in [-0.2, -0.15) is 0 Å². The van der Waals surface area contributed by atoms with Gasteiger partial charge in [0.1, 0.15) is 0 Å². The molecular weight excluding hydrogens is 440 g/mol. The lowest BCUT2D eigenvalue weighted by atomic mass is 9.78. The molecule has 5 heteroatoms. The van der Waals surface area contributed by atoms with Gasteiger partial charge >= 0.3 is 0 Å². The smallest absolute Gasteiger partial charge is 0.264 e. The topological polar surface area (TPSA) is 40.6 Å². The Morgan fingerprint density at radius 1 is 0.676 bits per heavy atom. The van der Waals surface area contributed by atoms with E-state index in [0.29, 0.717) is 16.9 Å². The van der Waals surface area contributed by atoms with Crippen LogP contribution < -0.4 is 4.31 Å². The number of hydrogen-bond donors (Lipinski definition) is 0. The van der Waals surface area contributed by atoms with Gasteiger partial charge in [0.05, 0.1) is 10.6 Å². The van der Waals surface area contributed by atoms with Gasteiger partial charge in [-0.15, -0.1) is 0 Å². The molecule has 1 heterocycles. The fraction of sp³-hybridized carbons (Fsp3) is 0.379. The lowest BCUT2D eigenvalue weighted by Crippen LogP contribution is -2.51. The van der Waals surface area contributed by atoms with Crippen LogP contribution in [0.1, 0.15) is 50.0 Å². The molecule has 0 spiro atoms. The maximum absolute atomic E-state index is 13.8. The van der Waals surface area contributed by atoms with E-state index in [1.807, 2.05) is 36.4 Å². The predicted octanol–water partition coefficient (Wildman–Crippen LogP) is 6.07. The lowest BCUT2D eigenvalue weighted by molar-refractivity contribution is 0.107. The first-order valence-electron chi connectivity index (χ1n) is 12.6. The summed E-state index contributed by atoms with van der Waals surface area (Å²) in [6.45, 7) is 1.87. The minimum atomic E-state index is -3.64. The summed E-state index contributed by atoms with van der Waals surface area (Å²) in [4.78, 5) is 3.00. The van der Waals surface area contributed by atoms with Crippen molar-refractivity contribution in [1.82, 2.24) is 4.90 Å². The van der Waals surface area contributed by atoms with Crippen LogP contribution in [0, 0.1) is 0 Å². The summed E-state index contributed by atoms with van der Waals surface area (Å²) in [6.07, 6.45) is 6.75. The molecule has 3 aromatic carbocycles. The normalized spacial score (nSPS) is 22.4. The number of piperidine rings is 1. The molecule has 0 radical (unpaired) electrons. The largest absolute Gasteiger partial charge is 0.300 e. The van der Waals surface area contributed by atoms with Gasteiger partial charge in [0.25, 0.3) is 10.0 Å². The van der Waals surface area contributed by atoms with Gasteiger partial charge < -0.3 is 0 Å². The third-order valence-electron chi connectivity index (χ3n) is 7.57. The van der Waals surface area contributed by atoms with Gasteiger partial charge in [0.2, 0.25) is 0 Å². The Hall–Kier alpha value is -2.63. The zero-order valence-corrected chi connectivity index (χ0v) is 20.5. The second-order valence-corrected chi connectivity index (χ2v) is 11.4. The Kier molecular flexibility index (Phi) is 7.02. The minimum absolute atomic E-state index is 0.0392. The van der Waals surface area contributed by atoms with Gasteiger partial charge in [0.15, 0.2) is 0 Å². The van der Waals surface area contributed by atoms with Crippen LogP contribution in [-0.2, 0) is 10.0 Å². The van der Waals surface area contributed by atoms with E-state index in [1.54, 1.807) is 28.6 Å². The Morgan fingerprint density at radius 2 is 1.24 bits per heavy atom. The van der Waals surface area contributed by atoms with Crippen LogP contribution in [0.15, 0.2) is 95.9 Å². The van der Waals surface area contributed by atoms with Crippen molar-refractivity contribution in [2.24, 2.45) is 0 Å². The van der Waals surface area contributed by atoms with Crippen LogP contribution in [0.3, 0.4) is 0 Å². The Morgan fingerprint density at radius 3 is 1.88 bits per heavy atom. The molecule has 2 unspecified atom stereocenters. The first-order chi connectivity index (χ1) is 16.6. The average molecular weight is 475 g/mol. The summed E-state index contributed by atoms with van der Waals surface area (Å²) in [5.41, 5.74) is 2.21. The molecule has 2 fully saturated rings. The van der Waals surface area contributed by atoms with Crippen LogP contribution in [0.25, 0.3) is 0 Å².